The van der Waals surface area contributed by atoms with Gasteiger partial charge < -0.3 is 10.4 Å². The standard InChI is InChI=1S/C7H15NO/c1-5(2)7-3-6(9)4-8-7/h5-9H,3-4H2,1-2H3/t6-,7+/m0/s1. The van der Waals surface area contributed by atoms with E-state index in [2.05, 4.69) is 19.2 Å². The summed E-state index contributed by atoms with van der Waals surface area (Å²) < 4.78 is 0. The van der Waals surface area contributed by atoms with E-state index in [1.165, 1.54) is 0 Å². The molecule has 54 valence electrons. The van der Waals surface area contributed by atoms with Crippen molar-refractivity contribution in [2.75, 3.05) is 6.54 Å². The van der Waals surface area contributed by atoms with Crippen LogP contribution in [0, 0.1) is 5.92 Å². The first-order valence-corrected chi connectivity index (χ1v) is 3.61. The molecule has 1 fully saturated rings. The van der Waals surface area contributed by atoms with E-state index in [-0.39, 0.29) is 6.10 Å². The van der Waals surface area contributed by atoms with Crippen LogP contribution in [-0.2, 0) is 0 Å². The molecule has 2 atom stereocenters. The van der Waals surface area contributed by atoms with Crippen LogP contribution < -0.4 is 5.32 Å². The molecular formula is C7H15NO. The minimum absolute atomic E-state index is 0.0996. The van der Waals surface area contributed by atoms with Crippen molar-refractivity contribution in [1.29, 1.82) is 0 Å². The monoisotopic (exact) mass is 129 g/mol. The molecule has 0 unspecified atom stereocenters. The van der Waals surface area contributed by atoms with Gasteiger partial charge in [-0.2, -0.15) is 0 Å². The van der Waals surface area contributed by atoms with Crippen LogP contribution >= 0.6 is 0 Å². The van der Waals surface area contributed by atoms with Crippen LogP contribution in [0.5, 0.6) is 0 Å². The van der Waals surface area contributed by atoms with E-state index in [1.54, 1.807) is 0 Å². The first kappa shape index (κ1) is 7.03. The van der Waals surface area contributed by atoms with Crippen molar-refractivity contribution in [3.8, 4) is 0 Å². The Labute approximate surface area is 56.3 Å². The summed E-state index contributed by atoms with van der Waals surface area (Å²) in [5.74, 6) is 0.655. The van der Waals surface area contributed by atoms with E-state index in [0.29, 0.717) is 12.0 Å². The summed E-state index contributed by atoms with van der Waals surface area (Å²) in [7, 11) is 0. The molecule has 1 rings (SSSR count). The first-order chi connectivity index (χ1) is 4.20. The Hall–Kier alpha value is -0.0800. The van der Waals surface area contributed by atoms with Gasteiger partial charge in [-0.25, -0.2) is 0 Å². The lowest BCUT2D eigenvalue weighted by Crippen LogP contribution is -2.26. The van der Waals surface area contributed by atoms with Crippen molar-refractivity contribution in [2.45, 2.75) is 32.4 Å². The maximum Gasteiger partial charge on any atom is 0.0679 e. The molecule has 1 aliphatic rings. The normalized spacial score (nSPS) is 36.0. The Kier molecular flexibility index (Phi) is 2.09. The molecule has 0 amide bonds. The van der Waals surface area contributed by atoms with Crippen molar-refractivity contribution < 1.29 is 5.11 Å². The lowest BCUT2D eigenvalue weighted by Gasteiger charge is -2.12. The summed E-state index contributed by atoms with van der Waals surface area (Å²) in [6, 6.07) is 0.542. The molecule has 9 heavy (non-hydrogen) atoms. The second-order valence-corrected chi connectivity index (χ2v) is 3.15. The molecule has 2 N–H and O–H groups in total. The third kappa shape index (κ3) is 1.66. The van der Waals surface area contributed by atoms with Crippen molar-refractivity contribution in [2.24, 2.45) is 5.92 Å². The average molecular weight is 129 g/mol. The molecule has 1 saturated heterocycles. The smallest absolute Gasteiger partial charge is 0.0679 e. The fraction of sp³-hybridized carbons (Fsp3) is 1.00. The van der Waals surface area contributed by atoms with Crippen LogP contribution in [0.15, 0.2) is 0 Å². The van der Waals surface area contributed by atoms with Gasteiger partial charge in [-0.3, -0.25) is 0 Å². The molecule has 0 aromatic carbocycles. The van der Waals surface area contributed by atoms with E-state index in [9.17, 15) is 0 Å². The molecule has 2 heteroatoms. The van der Waals surface area contributed by atoms with E-state index >= 15 is 0 Å². The van der Waals surface area contributed by atoms with Crippen LogP contribution in [0.4, 0.5) is 0 Å². The van der Waals surface area contributed by atoms with Crippen molar-refractivity contribution in [3.05, 3.63) is 0 Å². The largest absolute Gasteiger partial charge is 0.392 e. The van der Waals surface area contributed by atoms with Crippen LogP contribution in [-0.4, -0.2) is 23.8 Å². The molecule has 2 nitrogen and oxygen atoms in total. The van der Waals surface area contributed by atoms with E-state index in [0.717, 1.165) is 13.0 Å². The maximum atomic E-state index is 9.09. The highest BCUT2D eigenvalue weighted by Crippen LogP contribution is 2.13. The Morgan fingerprint density at radius 2 is 2.22 bits per heavy atom. The third-order valence-electron chi connectivity index (χ3n) is 1.95. The van der Waals surface area contributed by atoms with E-state index in [1.807, 2.05) is 0 Å². The Morgan fingerprint density at radius 1 is 1.56 bits per heavy atom. The summed E-state index contributed by atoms with van der Waals surface area (Å²) in [6.45, 7) is 5.13. The molecule has 0 bridgehead atoms. The minimum atomic E-state index is -0.0996. The van der Waals surface area contributed by atoms with Gasteiger partial charge in [0.25, 0.3) is 0 Å². The van der Waals surface area contributed by atoms with Gasteiger partial charge in [0.15, 0.2) is 0 Å². The molecule has 0 saturated carbocycles. The number of rotatable bonds is 1. The SMILES string of the molecule is CC(C)[C@H]1C[C@H](O)CN1. The highest BCUT2D eigenvalue weighted by Gasteiger charge is 2.23. The second-order valence-electron chi connectivity index (χ2n) is 3.15. The molecular weight excluding hydrogens is 114 g/mol. The highest BCUT2D eigenvalue weighted by atomic mass is 16.3. The minimum Gasteiger partial charge on any atom is -0.392 e. The summed E-state index contributed by atoms with van der Waals surface area (Å²) in [5.41, 5.74) is 0. The number of aliphatic hydroxyl groups is 1. The molecule has 1 aliphatic heterocycles. The second kappa shape index (κ2) is 2.67. The summed E-state index contributed by atoms with van der Waals surface area (Å²) in [4.78, 5) is 0. The Balaban J connectivity index is 2.30. The van der Waals surface area contributed by atoms with Gasteiger partial charge in [0.1, 0.15) is 0 Å². The molecule has 0 spiro atoms. The third-order valence-corrected chi connectivity index (χ3v) is 1.95. The van der Waals surface area contributed by atoms with Crippen LogP contribution in [0.2, 0.25) is 0 Å². The van der Waals surface area contributed by atoms with Gasteiger partial charge >= 0.3 is 0 Å². The fourth-order valence-electron chi connectivity index (χ4n) is 1.26. The van der Waals surface area contributed by atoms with Crippen LogP contribution in [0.25, 0.3) is 0 Å². The zero-order valence-electron chi connectivity index (χ0n) is 6.09. The number of hydrogen-bond acceptors (Lipinski definition) is 2. The molecule has 0 radical (unpaired) electrons. The quantitative estimate of drug-likeness (QED) is 0.536. The number of aliphatic hydroxyl groups excluding tert-OH is 1. The van der Waals surface area contributed by atoms with E-state index in [4.69, 9.17) is 5.11 Å². The van der Waals surface area contributed by atoms with E-state index < -0.39 is 0 Å². The summed E-state index contributed by atoms with van der Waals surface area (Å²) >= 11 is 0. The van der Waals surface area contributed by atoms with Crippen LogP contribution in [0.1, 0.15) is 20.3 Å². The number of hydrogen-bond donors (Lipinski definition) is 2. The number of β-amino-alcohol motifs (C(OH)–C–C–N with tert-alkyl or cyclic N) is 1. The van der Waals surface area contributed by atoms with Gasteiger partial charge in [-0.1, -0.05) is 13.8 Å². The van der Waals surface area contributed by atoms with Gasteiger partial charge in [0.2, 0.25) is 0 Å². The fourth-order valence-corrected chi connectivity index (χ4v) is 1.26. The predicted molar refractivity (Wildman–Crippen MR) is 37.3 cm³/mol. The zero-order chi connectivity index (χ0) is 6.85. The molecule has 0 aromatic heterocycles. The van der Waals surface area contributed by atoms with Crippen molar-refractivity contribution in [1.82, 2.24) is 5.32 Å². The summed E-state index contributed by atoms with van der Waals surface area (Å²) in [5, 5.41) is 12.3. The Morgan fingerprint density at radius 3 is 2.44 bits per heavy atom. The van der Waals surface area contributed by atoms with Crippen molar-refractivity contribution in [3.63, 3.8) is 0 Å². The predicted octanol–water partition coefficient (Wildman–Crippen LogP) is 0.365. The maximum absolute atomic E-state index is 9.09. The first-order valence-electron chi connectivity index (χ1n) is 3.61. The molecule has 0 aliphatic carbocycles. The zero-order valence-corrected chi connectivity index (χ0v) is 6.09. The average Bonchev–Trinajstić information content (AvgIpc) is 2.14. The highest BCUT2D eigenvalue weighted by molar-refractivity contribution is 4.82. The molecule has 1 heterocycles. The van der Waals surface area contributed by atoms with Crippen LogP contribution in [0.3, 0.4) is 0 Å². The topological polar surface area (TPSA) is 32.3 Å². The van der Waals surface area contributed by atoms with Gasteiger partial charge in [-0.05, 0) is 12.3 Å². The number of nitrogens with one attached hydrogen (secondary N) is 1. The van der Waals surface area contributed by atoms with Gasteiger partial charge in [0.05, 0.1) is 6.10 Å². The van der Waals surface area contributed by atoms with Gasteiger partial charge in [0, 0.05) is 12.6 Å². The Bertz CT molecular complexity index is 92.9. The van der Waals surface area contributed by atoms with Gasteiger partial charge in [-0.15, -0.1) is 0 Å². The lowest BCUT2D eigenvalue weighted by molar-refractivity contribution is 0.190. The summed E-state index contributed by atoms with van der Waals surface area (Å²) in [6.07, 6.45) is 0.829. The van der Waals surface area contributed by atoms with Crippen molar-refractivity contribution >= 4 is 0 Å². The lowest BCUT2D eigenvalue weighted by atomic mass is 10.0. The molecule has 0 aromatic rings.